The number of hydrogen-bond acceptors (Lipinski definition) is 3. The molecule has 2 aromatic heterocycles. The van der Waals surface area contributed by atoms with Crippen LogP contribution in [0.5, 0.6) is 5.75 Å². The van der Waals surface area contributed by atoms with Gasteiger partial charge in [-0.2, -0.15) is 0 Å². The van der Waals surface area contributed by atoms with Crippen LogP contribution in [0.15, 0.2) is 22.9 Å². The molecule has 4 heterocycles. The van der Waals surface area contributed by atoms with E-state index in [1.54, 1.807) is 0 Å². The van der Waals surface area contributed by atoms with Crippen molar-refractivity contribution in [1.82, 2.24) is 9.38 Å². The Labute approximate surface area is 144 Å². The summed E-state index contributed by atoms with van der Waals surface area (Å²) in [6.45, 7) is 5.15. The highest BCUT2D eigenvalue weighted by Crippen LogP contribution is 2.59. The summed E-state index contributed by atoms with van der Waals surface area (Å²) in [5.41, 5.74) is 2.26. The predicted octanol–water partition coefficient (Wildman–Crippen LogP) is 4.09. The monoisotopic (exact) mass is 376 g/mol. The minimum atomic E-state index is 0.0726. The summed E-state index contributed by atoms with van der Waals surface area (Å²) in [5, 5.41) is 0. The van der Waals surface area contributed by atoms with Gasteiger partial charge in [0.25, 0.3) is 0 Å². The van der Waals surface area contributed by atoms with Gasteiger partial charge in [-0.15, -0.1) is 0 Å². The number of aromatic nitrogens is 2. The molecule has 5 heteroatoms. The van der Waals surface area contributed by atoms with Crippen molar-refractivity contribution in [3.05, 3.63) is 28.6 Å². The van der Waals surface area contributed by atoms with E-state index in [2.05, 4.69) is 46.4 Å². The second-order valence-electron chi connectivity index (χ2n) is 7.87. The Hall–Kier alpha value is -1.07. The predicted molar refractivity (Wildman–Crippen MR) is 91.0 cm³/mol. The number of hydrogen-bond donors (Lipinski definition) is 0. The highest BCUT2D eigenvalue weighted by Gasteiger charge is 2.62. The molecule has 0 N–H and O–H groups in total. The standard InChI is InChI=1S/C18H21BrN2O2/c1-11(12-3-4-12)23-13-5-6-21-14(7-13)20-15(16(21)19)18-8-17(2,9-18)22-10-18/h5-7,11-12H,3-4,8-10H2,1-2H3. The van der Waals surface area contributed by atoms with Crippen LogP contribution < -0.4 is 4.74 Å². The number of imidazole rings is 1. The Bertz CT molecular complexity index is 790. The maximum Gasteiger partial charge on any atom is 0.141 e. The first-order valence-electron chi connectivity index (χ1n) is 8.47. The van der Waals surface area contributed by atoms with Crippen LogP contribution in [0, 0.1) is 5.92 Å². The topological polar surface area (TPSA) is 35.8 Å². The van der Waals surface area contributed by atoms with Gasteiger partial charge in [0.05, 0.1) is 24.0 Å². The number of ether oxygens (including phenoxy) is 2. The number of pyridine rings is 1. The van der Waals surface area contributed by atoms with Crippen molar-refractivity contribution in [3.8, 4) is 5.75 Å². The van der Waals surface area contributed by atoms with Crippen LogP contribution in [0.4, 0.5) is 0 Å². The lowest BCUT2D eigenvalue weighted by atomic mass is 9.62. The van der Waals surface area contributed by atoms with Gasteiger partial charge in [-0.05, 0) is 67.4 Å². The van der Waals surface area contributed by atoms with E-state index in [1.165, 1.54) is 12.8 Å². The van der Waals surface area contributed by atoms with Crippen molar-refractivity contribution in [2.75, 3.05) is 6.61 Å². The summed E-state index contributed by atoms with van der Waals surface area (Å²) in [6, 6.07) is 4.09. The highest BCUT2D eigenvalue weighted by atomic mass is 79.9. The van der Waals surface area contributed by atoms with E-state index in [0.29, 0.717) is 6.10 Å². The van der Waals surface area contributed by atoms with E-state index in [0.717, 1.165) is 47.1 Å². The summed E-state index contributed by atoms with van der Waals surface area (Å²) in [6.07, 6.45) is 7.09. The number of rotatable bonds is 4. The Morgan fingerprint density at radius 3 is 2.87 bits per heavy atom. The second-order valence-corrected chi connectivity index (χ2v) is 8.63. The summed E-state index contributed by atoms with van der Waals surface area (Å²) in [4.78, 5) is 4.92. The number of nitrogens with zero attached hydrogens (tertiary/aromatic N) is 2. The van der Waals surface area contributed by atoms with Crippen LogP contribution in [-0.2, 0) is 10.2 Å². The summed E-state index contributed by atoms with van der Waals surface area (Å²) >= 11 is 3.75. The van der Waals surface area contributed by atoms with Crippen molar-refractivity contribution < 1.29 is 9.47 Å². The van der Waals surface area contributed by atoms with Crippen LogP contribution in [0.2, 0.25) is 0 Å². The minimum absolute atomic E-state index is 0.0726. The van der Waals surface area contributed by atoms with Crippen molar-refractivity contribution in [2.45, 2.75) is 56.7 Å². The summed E-state index contributed by atoms with van der Waals surface area (Å²) < 4.78 is 15.2. The molecule has 0 aromatic carbocycles. The zero-order valence-electron chi connectivity index (χ0n) is 13.5. The molecule has 2 saturated carbocycles. The van der Waals surface area contributed by atoms with Gasteiger partial charge >= 0.3 is 0 Å². The van der Waals surface area contributed by atoms with Gasteiger partial charge in [0.2, 0.25) is 0 Å². The van der Waals surface area contributed by atoms with E-state index in [9.17, 15) is 0 Å². The maximum atomic E-state index is 6.08. The molecule has 2 aromatic rings. The molecule has 4 nitrogen and oxygen atoms in total. The SMILES string of the molecule is CC(Oc1ccn2c(Br)c(C34COC(C)(C3)C4)nc2c1)C1CC1. The molecule has 2 bridgehead atoms. The van der Waals surface area contributed by atoms with Crippen LogP contribution >= 0.6 is 15.9 Å². The van der Waals surface area contributed by atoms with E-state index in [-0.39, 0.29) is 11.0 Å². The first-order valence-corrected chi connectivity index (χ1v) is 9.26. The maximum absolute atomic E-state index is 6.08. The Morgan fingerprint density at radius 2 is 2.22 bits per heavy atom. The van der Waals surface area contributed by atoms with Crippen molar-refractivity contribution in [1.29, 1.82) is 0 Å². The molecule has 2 saturated heterocycles. The fraction of sp³-hybridized carbons (Fsp3) is 0.611. The largest absolute Gasteiger partial charge is 0.490 e. The Kier molecular flexibility index (Phi) is 2.80. The van der Waals surface area contributed by atoms with Gasteiger partial charge in [0.1, 0.15) is 16.0 Å². The molecule has 1 unspecified atom stereocenters. The molecule has 4 fully saturated rings. The third kappa shape index (κ3) is 2.09. The van der Waals surface area contributed by atoms with Crippen LogP contribution in [-0.4, -0.2) is 27.7 Å². The molecule has 6 rings (SSSR count). The lowest BCUT2D eigenvalue weighted by molar-refractivity contribution is 0.0153. The van der Waals surface area contributed by atoms with Gasteiger partial charge in [0, 0.05) is 17.7 Å². The van der Waals surface area contributed by atoms with Crippen LogP contribution in [0.25, 0.3) is 5.65 Å². The van der Waals surface area contributed by atoms with E-state index in [4.69, 9.17) is 14.5 Å². The average Bonchev–Trinajstić information content (AvgIpc) is 3.13. The summed E-state index contributed by atoms with van der Waals surface area (Å²) in [5.74, 6) is 1.65. The number of halogens is 1. The first-order chi connectivity index (χ1) is 11.0. The molecule has 0 radical (unpaired) electrons. The third-order valence-corrected chi connectivity index (χ3v) is 6.53. The molecular formula is C18H21BrN2O2. The van der Waals surface area contributed by atoms with Gasteiger partial charge in [0.15, 0.2) is 0 Å². The minimum Gasteiger partial charge on any atom is -0.490 e. The molecule has 4 aliphatic rings. The average molecular weight is 377 g/mol. The van der Waals surface area contributed by atoms with E-state index < -0.39 is 0 Å². The Balaban J connectivity index is 1.49. The molecule has 0 spiro atoms. The third-order valence-electron chi connectivity index (χ3n) is 5.77. The van der Waals surface area contributed by atoms with Gasteiger partial charge < -0.3 is 9.47 Å². The molecule has 23 heavy (non-hydrogen) atoms. The molecule has 2 aliphatic carbocycles. The fourth-order valence-electron chi connectivity index (χ4n) is 4.42. The van der Waals surface area contributed by atoms with Gasteiger partial charge in [-0.1, -0.05) is 0 Å². The van der Waals surface area contributed by atoms with Crippen LogP contribution in [0.3, 0.4) is 0 Å². The van der Waals surface area contributed by atoms with Gasteiger partial charge in [-0.25, -0.2) is 4.98 Å². The first kappa shape index (κ1) is 14.3. The molecule has 0 amide bonds. The van der Waals surface area contributed by atoms with Crippen molar-refractivity contribution >= 4 is 21.6 Å². The normalized spacial score (nSPS) is 33.7. The van der Waals surface area contributed by atoms with Crippen molar-refractivity contribution in [2.24, 2.45) is 5.92 Å². The highest BCUT2D eigenvalue weighted by molar-refractivity contribution is 9.10. The van der Waals surface area contributed by atoms with E-state index in [1.807, 2.05) is 6.07 Å². The molecular weight excluding hydrogens is 356 g/mol. The summed E-state index contributed by atoms with van der Waals surface area (Å²) in [7, 11) is 0. The fourth-order valence-corrected chi connectivity index (χ4v) is 5.22. The smallest absolute Gasteiger partial charge is 0.141 e. The second kappa shape index (κ2) is 4.51. The quantitative estimate of drug-likeness (QED) is 0.805. The van der Waals surface area contributed by atoms with Crippen molar-refractivity contribution in [3.63, 3.8) is 0 Å². The number of fused-ring (bicyclic) bond motifs is 2. The van der Waals surface area contributed by atoms with Gasteiger partial charge in [-0.3, -0.25) is 4.40 Å². The lowest BCUT2D eigenvalue weighted by Crippen LogP contribution is -2.45. The lowest BCUT2D eigenvalue weighted by Gasteiger charge is -2.41. The molecule has 1 atom stereocenters. The molecule has 122 valence electrons. The zero-order valence-corrected chi connectivity index (χ0v) is 15.1. The molecule has 2 aliphatic heterocycles. The Morgan fingerprint density at radius 1 is 1.43 bits per heavy atom. The van der Waals surface area contributed by atoms with Crippen LogP contribution in [0.1, 0.15) is 45.2 Å². The van der Waals surface area contributed by atoms with E-state index >= 15 is 0 Å². The zero-order chi connectivity index (χ0) is 15.8.